The van der Waals surface area contributed by atoms with Crippen LogP contribution in [0.1, 0.15) is 35.1 Å². The van der Waals surface area contributed by atoms with Crippen LogP contribution < -0.4 is 5.32 Å². The van der Waals surface area contributed by atoms with E-state index in [0.717, 1.165) is 18.4 Å². The number of aromatic nitrogens is 3. The molecule has 1 amide bonds. The van der Waals surface area contributed by atoms with E-state index in [1.54, 1.807) is 7.05 Å². The fourth-order valence-corrected chi connectivity index (χ4v) is 2.58. The molecule has 1 aliphatic heterocycles. The fourth-order valence-electron chi connectivity index (χ4n) is 2.58. The highest BCUT2D eigenvalue weighted by molar-refractivity contribution is 5.90. The Morgan fingerprint density at radius 2 is 2.19 bits per heavy atom. The molecule has 2 unspecified atom stereocenters. The molecule has 110 valence electrons. The molecule has 0 radical (unpaired) electrons. The normalized spacial score (nSPS) is 22.0. The number of ether oxygens (including phenoxy) is 1. The molecule has 2 aromatic rings. The molecule has 1 saturated heterocycles. The lowest BCUT2D eigenvalue weighted by molar-refractivity contribution is 0.000801. The quantitative estimate of drug-likeness (QED) is 0.927. The number of benzene rings is 1. The molecule has 6 heteroatoms. The molecule has 1 N–H and O–H groups in total. The first-order valence-corrected chi connectivity index (χ1v) is 7.05. The zero-order chi connectivity index (χ0) is 14.7. The second kappa shape index (κ2) is 6.05. The molecule has 3 rings (SSSR count). The third-order valence-electron chi connectivity index (χ3n) is 3.70. The lowest BCUT2D eigenvalue weighted by Crippen LogP contribution is -2.40. The average Bonchev–Trinajstić information content (AvgIpc) is 2.95. The van der Waals surface area contributed by atoms with Crippen LogP contribution in [0.5, 0.6) is 0 Å². The van der Waals surface area contributed by atoms with Crippen LogP contribution in [0.4, 0.5) is 0 Å². The largest absolute Gasteiger partial charge is 0.373 e. The van der Waals surface area contributed by atoms with Gasteiger partial charge in [-0.2, -0.15) is 5.10 Å². The van der Waals surface area contributed by atoms with Gasteiger partial charge in [0.1, 0.15) is 6.33 Å². The number of hydrogen-bond donors (Lipinski definition) is 1. The maximum Gasteiger partial charge on any atom is 0.289 e. The van der Waals surface area contributed by atoms with Crippen LogP contribution in [-0.2, 0) is 11.8 Å². The van der Waals surface area contributed by atoms with Gasteiger partial charge >= 0.3 is 0 Å². The van der Waals surface area contributed by atoms with Gasteiger partial charge in [0.25, 0.3) is 5.91 Å². The third-order valence-corrected chi connectivity index (χ3v) is 3.70. The molecule has 0 aliphatic carbocycles. The van der Waals surface area contributed by atoms with Gasteiger partial charge in [0.2, 0.25) is 5.82 Å². The number of carbonyl (C=O) groups excluding carboxylic acids is 1. The Kier molecular flexibility index (Phi) is 3.96. The first-order chi connectivity index (χ1) is 10.2. The summed E-state index contributed by atoms with van der Waals surface area (Å²) in [6, 6.07) is 10.2. The van der Waals surface area contributed by atoms with Crippen molar-refractivity contribution in [2.45, 2.75) is 25.0 Å². The SMILES string of the molecule is Cn1ncnc1C(=O)NC1CCOC(c2ccccc2)C1. The number of amides is 1. The number of nitrogens with zero attached hydrogens (tertiary/aromatic N) is 3. The fraction of sp³-hybridized carbons (Fsp3) is 0.400. The predicted molar refractivity (Wildman–Crippen MR) is 76.6 cm³/mol. The van der Waals surface area contributed by atoms with E-state index < -0.39 is 0 Å². The zero-order valence-corrected chi connectivity index (χ0v) is 11.9. The Morgan fingerprint density at radius 3 is 2.90 bits per heavy atom. The van der Waals surface area contributed by atoms with E-state index in [2.05, 4.69) is 27.5 Å². The van der Waals surface area contributed by atoms with Gasteiger partial charge in [-0.3, -0.25) is 4.79 Å². The summed E-state index contributed by atoms with van der Waals surface area (Å²) in [5.41, 5.74) is 1.15. The molecule has 2 atom stereocenters. The smallest absolute Gasteiger partial charge is 0.289 e. The van der Waals surface area contributed by atoms with E-state index in [1.165, 1.54) is 11.0 Å². The van der Waals surface area contributed by atoms with Crippen LogP contribution in [0, 0.1) is 0 Å². The van der Waals surface area contributed by atoms with Gasteiger partial charge in [-0.15, -0.1) is 0 Å². The van der Waals surface area contributed by atoms with E-state index in [0.29, 0.717) is 12.4 Å². The van der Waals surface area contributed by atoms with Gasteiger partial charge in [-0.25, -0.2) is 9.67 Å². The molecule has 6 nitrogen and oxygen atoms in total. The number of carbonyl (C=O) groups is 1. The summed E-state index contributed by atoms with van der Waals surface area (Å²) in [6.07, 6.45) is 3.00. The lowest BCUT2D eigenvalue weighted by atomic mass is 9.97. The first kappa shape index (κ1) is 13.8. The van der Waals surface area contributed by atoms with E-state index >= 15 is 0 Å². The second-order valence-corrected chi connectivity index (χ2v) is 5.17. The number of rotatable bonds is 3. The third kappa shape index (κ3) is 3.11. The minimum absolute atomic E-state index is 0.0322. The maximum absolute atomic E-state index is 12.2. The maximum atomic E-state index is 12.2. The molecule has 1 aromatic heterocycles. The summed E-state index contributed by atoms with van der Waals surface area (Å²) in [5, 5.41) is 6.93. The van der Waals surface area contributed by atoms with E-state index in [4.69, 9.17) is 4.74 Å². The zero-order valence-electron chi connectivity index (χ0n) is 11.9. The van der Waals surface area contributed by atoms with Crippen molar-refractivity contribution in [3.8, 4) is 0 Å². The van der Waals surface area contributed by atoms with Crippen molar-refractivity contribution in [3.05, 3.63) is 48.0 Å². The summed E-state index contributed by atoms with van der Waals surface area (Å²) in [7, 11) is 1.71. The predicted octanol–water partition coefficient (Wildman–Crippen LogP) is 1.47. The van der Waals surface area contributed by atoms with Gasteiger partial charge in [-0.1, -0.05) is 30.3 Å². The molecule has 2 heterocycles. The minimum atomic E-state index is -0.186. The molecule has 0 saturated carbocycles. The standard InChI is InChI=1S/C15H18N4O2/c1-19-14(16-10-17-19)15(20)18-12-7-8-21-13(9-12)11-5-3-2-4-6-11/h2-6,10,12-13H,7-9H2,1H3,(H,18,20). The summed E-state index contributed by atoms with van der Waals surface area (Å²) >= 11 is 0. The molecule has 0 bridgehead atoms. The van der Waals surface area contributed by atoms with Crippen molar-refractivity contribution in [1.29, 1.82) is 0 Å². The van der Waals surface area contributed by atoms with E-state index in [1.807, 2.05) is 18.2 Å². The Hall–Kier alpha value is -2.21. The van der Waals surface area contributed by atoms with Crippen LogP contribution in [-0.4, -0.2) is 33.3 Å². The highest BCUT2D eigenvalue weighted by Gasteiger charge is 2.26. The molecule has 0 spiro atoms. The van der Waals surface area contributed by atoms with Crippen molar-refractivity contribution in [2.75, 3.05) is 6.61 Å². The van der Waals surface area contributed by atoms with Crippen molar-refractivity contribution < 1.29 is 9.53 Å². The number of aryl methyl sites for hydroxylation is 1. The summed E-state index contributed by atoms with van der Waals surface area (Å²) in [6.45, 7) is 0.642. The molecule has 1 fully saturated rings. The van der Waals surface area contributed by atoms with Crippen molar-refractivity contribution in [2.24, 2.45) is 7.05 Å². The van der Waals surface area contributed by atoms with E-state index in [-0.39, 0.29) is 18.1 Å². The van der Waals surface area contributed by atoms with Crippen LogP contribution in [0.25, 0.3) is 0 Å². The van der Waals surface area contributed by atoms with Gasteiger partial charge in [0, 0.05) is 19.7 Å². The number of nitrogens with one attached hydrogen (secondary N) is 1. The Bertz CT molecular complexity index is 611. The first-order valence-electron chi connectivity index (χ1n) is 7.05. The Morgan fingerprint density at radius 1 is 1.38 bits per heavy atom. The van der Waals surface area contributed by atoms with Gasteiger partial charge in [0.05, 0.1) is 6.10 Å². The van der Waals surface area contributed by atoms with Gasteiger partial charge in [0.15, 0.2) is 0 Å². The lowest BCUT2D eigenvalue weighted by Gasteiger charge is -2.30. The van der Waals surface area contributed by atoms with Crippen LogP contribution >= 0.6 is 0 Å². The van der Waals surface area contributed by atoms with Gasteiger partial charge in [-0.05, 0) is 18.4 Å². The monoisotopic (exact) mass is 286 g/mol. The highest BCUT2D eigenvalue weighted by atomic mass is 16.5. The van der Waals surface area contributed by atoms with Crippen LogP contribution in [0.2, 0.25) is 0 Å². The van der Waals surface area contributed by atoms with Crippen molar-refractivity contribution in [3.63, 3.8) is 0 Å². The summed E-state index contributed by atoms with van der Waals surface area (Å²) in [5.74, 6) is 0.145. The molecule has 1 aliphatic rings. The van der Waals surface area contributed by atoms with E-state index in [9.17, 15) is 4.79 Å². The molecular weight excluding hydrogens is 268 g/mol. The Balaban J connectivity index is 1.64. The molecule has 1 aromatic carbocycles. The van der Waals surface area contributed by atoms with Crippen molar-refractivity contribution >= 4 is 5.91 Å². The van der Waals surface area contributed by atoms with Crippen LogP contribution in [0.15, 0.2) is 36.7 Å². The van der Waals surface area contributed by atoms with Gasteiger partial charge < -0.3 is 10.1 Å². The second-order valence-electron chi connectivity index (χ2n) is 5.17. The summed E-state index contributed by atoms with van der Waals surface area (Å²) < 4.78 is 7.28. The minimum Gasteiger partial charge on any atom is -0.373 e. The van der Waals surface area contributed by atoms with Crippen molar-refractivity contribution in [1.82, 2.24) is 20.1 Å². The topological polar surface area (TPSA) is 69.0 Å². The molecule has 21 heavy (non-hydrogen) atoms. The average molecular weight is 286 g/mol. The Labute approximate surface area is 123 Å². The number of hydrogen-bond acceptors (Lipinski definition) is 4. The summed E-state index contributed by atoms with van der Waals surface area (Å²) in [4.78, 5) is 16.1. The highest BCUT2D eigenvalue weighted by Crippen LogP contribution is 2.27. The van der Waals surface area contributed by atoms with Crippen LogP contribution in [0.3, 0.4) is 0 Å². The molecular formula is C15H18N4O2.